The van der Waals surface area contributed by atoms with Crippen LogP contribution in [0.5, 0.6) is 0 Å². The SMILES string of the molecule is Cc1nn(-c2ccccc2)nc1C(=O)N(C)Cc1ccccc1[N+](=O)[O-]. The minimum Gasteiger partial charge on any atom is -0.336 e. The van der Waals surface area contributed by atoms with E-state index in [1.165, 1.54) is 15.8 Å². The molecule has 1 amide bonds. The second-order valence-electron chi connectivity index (χ2n) is 5.81. The topological polar surface area (TPSA) is 94.2 Å². The van der Waals surface area contributed by atoms with Crippen molar-refractivity contribution >= 4 is 11.6 Å². The number of aryl methyl sites for hydroxylation is 1. The van der Waals surface area contributed by atoms with Crippen LogP contribution in [0.25, 0.3) is 5.69 Å². The largest absolute Gasteiger partial charge is 0.336 e. The number of rotatable bonds is 5. The molecule has 132 valence electrons. The first-order valence-corrected chi connectivity index (χ1v) is 7.94. The summed E-state index contributed by atoms with van der Waals surface area (Å²) in [6.07, 6.45) is 0. The number of carbonyl (C=O) groups is 1. The maximum atomic E-state index is 12.7. The number of benzene rings is 2. The first-order valence-electron chi connectivity index (χ1n) is 7.94. The molecule has 0 unspecified atom stereocenters. The van der Waals surface area contributed by atoms with Crippen LogP contribution in [0.15, 0.2) is 54.6 Å². The van der Waals surface area contributed by atoms with E-state index in [1.807, 2.05) is 30.3 Å². The van der Waals surface area contributed by atoms with E-state index in [0.29, 0.717) is 11.3 Å². The summed E-state index contributed by atoms with van der Waals surface area (Å²) in [4.78, 5) is 26.2. The molecule has 1 aromatic heterocycles. The number of hydrogen-bond donors (Lipinski definition) is 0. The van der Waals surface area contributed by atoms with Gasteiger partial charge in [-0.3, -0.25) is 14.9 Å². The zero-order valence-electron chi connectivity index (χ0n) is 14.4. The third kappa shape index (κ3) is 3.44. The molecule has 8 nitrogen and oxygen atoms in total. The number of nitrogens with zero attached hydrogens (tertiary/aromatic N) is 5. The Bertz CT molecular complexity index is 952. The molecule has 0 atom stereocenters. The predicted molar refractivity (Wildman–Crippen MR) is 95.0 cm³/mol. The fraction of sp³-hybridized carbons (Fsp3) is 0.167. The summed E-state index contributed by atoms with van der Waals surface area (Å²) >= 11 is 0. The van der Waals surface area contributed by atoms with E-state index in [9.17, 15) is 14.9 Å². The summed E-state index contributed by atoms with van der Waals surface area (Å²) in [6, 6.07) is 15.6. The minimum atomic E-state index is -0.454. The summed E-state index contributed by atoms with van der Waals surface area (Å²) in [5.74, 6) is -0.345. The van der Waals surface area contributed by atoms with Crippen molar-refractivity contribution in [1.29, 1.82) is 0 Å². The average Bonchev–Trinajstić information content (AvgIpc) is 3.03. The van der Waals surface area contributed by atoms with Crippen molar-refractivity contribution in [2.45, 2.75) is 13.5 Å². The van der Waals surface area contributed by atoms with Gasteiger partial charge in [-0.2, -0.15) is 9.90 Å². The van der Waals surface area contributed by atoms with Crippen LogP contribution < -0.4 is 0 Å². The molecular weight excluding hydrogens is 334 g/mol. The molecule has 3 aromatic rings. The molecule has 0 aliphatic carbocycles. The Labute approximate surface area is 149 Å². The first kappa shape index (κ1) is 17.3. The van der Waals surface area contributed by atoms with Gasteiger partial charge >= 0.3 is 0 Å². The molecule has 26 heavy (non-hydrogen) atoms. The average molecular weight is 351 g/mol. The summed E-state index contributed by atoms with van der Waals surface area (Å²) in [6.45, 7) is 1.81. The van der Waals surface area contributed by atoms with Crippen LogP contribution in [0.2, 0.25) is 0 Å². The summed E-state index contributed by atoms with van der Waals surface area (Å²) in [5, 5.41) is 19.7. The van der Waals surface area contributed by atoms with Gasteiger partial charge in [-0.1, -0.05) is 36.4 Å². The van der Waals surface area contributed by atoms with Gasteiger partial charge in [0.1, 0.15) is 0 Å². The fourth-order valence-electron chi connectivity index (χ4n) is 2.58. The molecule has 1 heterocycles. The maximum absolute atomic E-state index is 12.7. The standard InChI is InChI=1S/C18H17N5O3/c1-13-17(20-22(19-13)15-9-4-3-5-10-15)18(24)21(2)12-14-8-6-7-11-16(14)23(25)26/h3-11H,12H2,1-2H3. The second-order valence-corrected chi connectivity index (χ2v) is 5.81. The monoisotopic (exact) mass is 351 g/mol. The van der Waals surface area contributed by atoms with Crippen LogP contribution in [0, 0.1) is 17.0 Å². The lowest BCUT2D eigenvalue weighted by Gasteiger charge is -2.16. The van der Waals surface area contributed by atoms with Gasteiger partial charge in [0.05, 0.1) is 22.8 Å². The van der Waals surface area contributed by atoms with Crippen LogP contribution >= 0.6 is 0 Å². The molecule has 0 N–H and O–H groups in total. The molecule has 0 fully saturated rings. The Morgan fingerprint density at radius 3 is 2.46 bits per heavy atom. The Morgan fingerprint density at radius 2 is 1.77 bits per heavy atom. The summed E-state index contributed by atoms with van der Waals surface area (Å²) in [5.41, 5.74) is 1.90. The lowest BCUT2D eigenvalue weighted by Crippen LogP contribution is -2.27. The molecule has 3 rings (SSSR count). The van der Waals surface area contributed by atoms with Crippen molar-refractivity contribution in [3.63, 3.8) is 0 Å². The number of para-hydroxylation sites is 2. The lowest BCUT2D eigenvalue weighted by atomic mass is 10.1. The van der Waals surface area contributed by atoms with Crippen molar-refractivity contribution < 1.29 is 9.72 Å². The number of amides is 1. The first-order chi connectivity index (χ1) is 12.5. The highest BCUT2D eigenvalue weighted by Crippen LogP contribution is 2.20. The normalized spacial score (nSPS) is 10.5. The molecule has 0 saturated carbocycles. The van der Waals surface area contributed by atoms with Crippen molar-refractivity contribution in [3.8, 4) is 5.69 Å². The highest BCUT2D eigenvalue weighted by atomic mass is 16.6. The van der Waals surface area contributed by atoms with E-state index >= 15 is 0 Å². The van der Waals surface area contributed by atoms with E-state index in [4.69, 9.17) is 0 Å². The van der Waals surface area contributed by atoms with E-state index in [-0.39, 0.29) is 23.8 Å². The number of nitro benzene ring substituents is 1. The van der Waals surface area contributed by atoms with Gasteiger partial charge in [0.15, 0.2) is 5.69 Å². The number of carbonyl (C=O) groups excluding carboxylic acids is 1. The van der Waals surface area contributed by atoms with Crippen LogP contribution in [0.3, 0.4) is 0 Å². The minimum absolute atomic E-state index is 0.0168. The van der Waals surface area contributed by atoms with Gasteiger partial charge in [0.2, 0.25) is 0 Å². The Morgan fingerprint density at radius 1 is 1.12 bits per heavy atom. The van der Waals surface area contributed by atoms with Gasteiger partial charge in [-0.25, -0.2) is 0 Å². The molecule has 0 saturated heterocycles. The zero-order valence-corrected chi connectivity index (χ0v) is 14.4. The number of aromatic nitrogens is 3. The van der Waals surface area contributed by atoms with Crippen molar-refractivity contribution in [1.82, 2.24) is 19.9 Å². The van der Waals surface area contributed by atoms with Gasteiger partial charge in [-0.15, -0.1) is 5.10 Å². The van der Waals surface area contributed by atoms with E-state index in [1.54, 1.807) is 32.2 Å². The molecule has 8 heteroatoms. The van der Waals surface area contributed by atoms with Crippen molar-refractivity contribution in [2.24, 2.45) is 0 Å². The number of hydrogen-bond acceptors (Lipinski definition) is 5. The molecule has 0 spiro atoms. The maximum Gasteiger partial charge on any atom is 0.276 e. The van der Waals surface area contributed by atoms with E-state index in [2.05, 4.69) is 10.2 Å². The summed E-state index contributed by atoms with van der Waals surface area (Å²) < 4.78 is 0. The quantitative estimate of drug-likeness (QED) is 0.520. The smallest absolute Gasteiger partial charge is 0.276 e. The van der Waals surface area contributed by atoms with Crippen LogP contribution in [-0.4, -0.2) is 37.8 Å². The van der Waals surface area contributed by atoms with Crippen molar-refractivity contribution in [3.05, 3.63) is 81.7 Å². The lowest BCUT2D eigenvalue weighted by molar-refractivity contribution is -0.385. The van der Waals surface area contributed by atoms with Gasteiger partial charge < -0.3 is 4.90 Å². The molecule has 0 bridgehead atoms. The van der Waals surface area contributed by atoms with Gasteiger partial charge in [-0.05, 0) is 19.1 Å². The van der Waals surface area contributed by atoms with E-state index in [0.717, 1.165) is 5.69 Å². The van der Waals surface area contributed by atoms with E-state index < -0.39 is 4.92 Å². The zero-order chi connectivity index (χ0) is 18.7. The molecule has 2 aromatic carbocycles. The van der Waals surface area contributed by atoms with Gasteiger partial charge in [0, 0.05) is 18.7 Å². The predicted octanol–water partition coefficient (Wildman–Crippen LogP) is 2.76. The van der Waals surface area contributed by atoms with Crippen LogP contribution in [0.4, 0.5) is 5.69 Å². The Hall–Kier alpha value is -3.55. The third-order valence-electron chi connectivity index (χ3n) is 3.91. The molecule has 0 aliphatic rings. The summed E-state index contributed by atoms with van der Waals surface area (Å²) in [7, 11) is 1.58. The highest BCUT2D eigenvalue weighted by molar-refractivity contribution is 5.93. The Kier molecular flexibility index (Phi) is 4.74. The number of nitro groups is 1. The van der Waals surface area contributed by atoms with Crippen LogP contribution in [0.1, 0.15) is 21.7 Å². The molecule has 0 radical (unpaired) electrons. The second kappa shape index (κ2) is 7.14. The molecule has 0 aliphatic heterocycles. The van der Waals surface area contributed by atoms with Crippen molar-refractivity contribution in [2.75, 3.05) is 7.05 Å². The Balaban J connectivity index is 1.84. The highest BCUT2D eigenvalue weighted by Gasteiger charge is 2.22. The van der Waals surface area contributed by atoms with Crippen LogP contribution in [-0.2, 0) is 6.54 Å². The van der Waals surface area contributed by atoms with Gasteiger partial charge in [0.25, 0.3) is 11.6 Å². The fourth-order valence-corrected chi connectivity index (χ4v) is 2.58. The third-order valence-corrected chi connectivity index (χ3v) is 3.91. The molecular formula is C18H17N5O3.